The number of carbonyl (C=O) groups is 1. The first-order valence-corrected chi connectivity index (χ1v) is 10.3. The molecule has 1 aromatic carbocycles. The van der Waals surface area contributed by atoms with E-state index in [9.17, 15) is 9.59 Å². The van der Waals surface area contributed by atoms with E-state index < -0.39 is 6.04 Å². The lowest BCUT2D eigenvalue weighted by atomic mass is 10.0. The molecular weight excluding hydrogens is 392 g/mol. The van der Waals surface area contributed by atoms with Crippen LogP contribution in [-0.4, -0.2) is 30.6 Å². The Morgan fingerprint density at radius 3 is 2.74 bits per heavy atom. The van der Waals surface area contributed by atoms with Crippen molar-refractivity contribution in [2.45, 2.75) is 39.7 Å². The average molecular weight is 419 g/mol. The summed E-state index contributed by atoms with van der Waals surface area (Å²) in [5, 5.41) is 8.63. The summed E-state index contributed by atoms with van der Waals surface area (Å²) in [6.45, 7) is 5.65. The molecule has 3 heterocycles. The summed E-state index contributed by atoms with van der Waals surface area (Å²) in [5.74, 6) is 0.266. The Hall–Kier alpha value is -3.68. The van der Waals surface area contributed by atoms with Crippen molar-refractivity contribution < 1.29 is 4.79 Å². The van der Waals surface area contributed by atoms with Gasteiger partial charge in [-0.05, 0) is 31.9 Å². The van der Waals surface area contributed by atoms with Crippen LogP contribution in [0.1, 0.15) is 51.8 Å². The molecule has 1 atom stereocenters. The summed E-state index contributed by atoms with van der Waals surface area (Å²) in [4.78, 5) is 35.8. The number of para-hydroxylation sites is 1. The normalized spacial score (nSPS) is 12.3. The minimum atomic E-state index is -0.480. The molecule has 0 fully saturated rings. The maximum absolute atomic E-state index is 13.3. The Labute approximate surface area is 179 Å². The Kier molecular flexibility index (Phi) is 5.46. The molecule has 0 bridgehead atoms. The number of H-pyrrole nitrogens is 2. The third-order valence-electron chi connectivity index (χ3n) is 5.57. The first kappa shape index (κ1) is 20.6. The average Bonchev–Trinajstić information content (AvgIpc) is 3.26. The number of nitrogens with one attached hydrogen (secondary N) is 3. The monoisotopic (exact) mass is 418 g/mol. The molecular formula is C23H26N6O2. The number of amides is 1. The van der Waals surface area contributed by atoms with E-state index in [0.29, 0.717) is 23.6 Å². The van der Waals surface area contributed by atoms with Gasteiger partial charge >= 0.3 is 0 Å². The van der Waals surface area contributed by atoms with Gasteiger partial charge in [-0.3, -0.25) is 14.3 Å². The molecule has 3 N–H and O–H groups in total. The third-order valence-corrected chi connectivity index (χ3v) is 5.57. The number of hydrogen-bond donors (Lipinski definition) is 3. The highest BCUT2D eigenvalue weighted by Crippen LogP contribution is 2.24. The predicted molar refractivity (Wildman–Crippen MR) is 119 cm³/mol. The van der Waals surface area contributed by atoms with Gasteiger partial charge in [0.25, 0.3) is 11.5 Å². The van der Waals surface area contributed by atoms with Gasteiger partial charge in [-0.2, -0.15) is 5.10 Å². The van der Waals surface area contributed by atoms with Gasteiger partial charge in [0, 0.05) is 42.2 Å². The van der Waals surface area contributed by atoms with E-state index in [1.807, 2.05) is 44.3 Å². The van der Waals surface area contributed by atoms with Crippen LogP contribution in [0, 0.1) is 13.8 Å². The van der Waals surface area contributed by atoms with Crippen LogP contribution in [0.2, 0.25) is 0 Å². The maximum atomic E-state index is 13.3. The highest BCUT2D eigenvalue weighted by atomic mass is 16.2. The molecule has 160 valence electrons. The molecule has 1 amide bonds. The SMILES string of the molecule is CCc1nn(C)c(C(=O)N[C@@H](Cc2c[nH]c3ccccc23)c2cc(=O)[nH]c(C)n2)c1C. The quantitative estimate of drug-likeness (QED) is 0.447. The van der Waals surface area contributed by atoms with Crippen molar-refractivity contribution in [3.8, 4) is 0 Å². The number of aromatic nitrogens is 5. The van der Waals surface area contributed by atoms with Crippen molar-refractivity contribution in [1.82, 2.24) is 30.0 Å². The first-order valence-electron chi connectivity index (χ1n) is 10.3. The number of rotatable bonds is 6. The van der Waals surface area contributed by atoms with Gasteiger partial charge in [-0.25, -0.2) is 4.98 Å². The van der Waals surface area contributed by atoms with E-state index >= 15 is 0 Å². The van der Waals surface area contributed by atoms with Crippen LogP contribution in [0.25, 0.3) is 10.9 Å². The van der Waals surface area contributed by atoms with Crippen molar-refractivity contribution in [2.24, 2.45) is 7.05 Å². The van der Waals surface area contributed by atoms with Crippen LogP contribution in [-0.2, 0) is 19.9 Å². The lowest BCUT2D eigenvalue weighted by Crippen LogP contribution is -2.33. The van der Waals surface area contributed by atoms with Crippen molar-refractivity contribution >= 4 is 16.8 Å². The molecule has 4 rings (SSSR count). The minimum Gasteiger partial charge on any atom is -0.361 e. The Morgan fingerprint density at radius 1 is 1.26 bits per heavy atom. The number of benzene rings is 1. The van der Waals surface area contributed by atoms with E-state index in [0.717, 1.165) is 34.1 Å². The molecule has 0 aliphatic rings. The van der Waals surface area contributed by atoms with E-state index in [-0.39, 0.29) is 11.5 Å². The molecule has 0 radical (unpaired) electrons. The van der Waals surface area contributed by atoms with E-state index in [1.165, 1.54) is 6.07 Å². The lowest BCUT2D eigenvalue weighted by Gasteiger charge is -2.19. The zero-order chi connectivity index (χ0) is 22.1. The fraction of sp³-hybridized carbons (Fsp3) is 0.304. The number of hydrogen-bond acceptors (Lipinski definition) is 4. The Morgan fingerprint density at radius 2 is 2.03 bits per heavy atom. The van der Waals surface area contributed by atoms with Crippen LogP contribution in [0.5, 0.6) is 0 Å². The van der Waals surface area contributed by atoms with E-state index in [1.54, 1.807) is 18.7 Å². The summed E-state index contributed by atoms with van der Waals surface area (Å²) < 4.78 is 1.61. The highest BCUT2D eigenvalue weighted by Gasteiger charge is 2.24. The molecule has 0 spiro atoms. The second-order valence-corrected chi connectivity index (χ2v) is 7.74. The molecule has 4 aromatic rings. The number of carbonyl (C=O) groups excluding carboxylic acids is 1. The summed E-state index contributed by atoms with van der Waals surface area (Å²) in [7, 11) is 1.77. The molecule has 8 nitrogen and oxygen atoms in total. The zero-order valence-electron chi connectivity index (χ0n) is 18.1. The van der Waals surface area contributed by atoms with Crippen molar-refractivity contribution in [1.29, 1.82) is 0 Å². The molecule has 8 heteroatoms. The summed E-state index contributed by atoms with van der Waals surface area (Å²) in [6.07, 6.45) is 3.18. The van der Waals surface area contributed by atoms with E-state index in [2.05, 4.69) is 25.4 Å². The Balaban J connectivity index is 1.73. The minimum absolute atomic E-state index is 0.239. The Bertz CT molecular complexity index is 1310. The first-order chi connectivity index (χ1) is 14.9. The molecule has 0 saturated carbocycles. The second kappa shape index (κ2) is 8.22. The predicted octanol–water partition coefficient (Wildman–Crippen LogP) is 2.88. The van der Waals surface area contributed by atoms with Crippen LogP contribution < -0.4 is 10.9 Å². The molecule has 0 aliphatic heterocycles. The van der Waals surface area contributed by atoms with Crippen molar-refractivity contribution in [3.05, 3.63) is 80.9 Å². The van der Waals surface area contributed by atoms with Crippen LogP contribution in [0.15, 0.2) is 41.3 Å². The third kappa shape index (κ3) is 4.01. The summed E-state index contributed by atoms with van der Waals surface area (Å²) in [6, 6.07) is 8.96. The largest absolute Gasteiger partial charge is 0.361 e. The number of nitrogens with zero attached hydrogens (tertiary/aromatic N) is 3. The number of aryl methyl sites for hydroxylation is 3. The number of fused-ring (bicyclic) bond motifs is 1. The second-order valence-electron chi connectivity index (χ2n) is 7.74. The van der Waals surface area contributed by atoms with Crippen molar-refractivity contribution in [3.63, 3.8) is 0 Å². The summed E-state index contributed by atoms with van der Waals surface area (Å²) >= 11 is 0. The van der Waals surface area contributed by atoms with Gasteiger partial charge in [-0.1, -0.05) is 25.1 Å². The molecule has 0 unspecified atom stereocenters. The smallest absolute Gasteiger partial charge is 0.270 e. The van der Waals surface area contributed by atoms with Gasteiger partial charge in [0.05, 0.1) is 17.4 Å². The number of aromatic amines is 2. The zero-order valence-corrected chi connectivity index (χ0v) is 18.1. The van der Waals surface area contributed by atoms with Gasteiger partial charge in [-0.15, -0.1) is 0 Å². The maximum Gasteiger partial charge on any atom is 0.270 e. The topological polar surface area (TPSA) is 108 Å². The van der Waals surface area contributed by atoms with Crippen LogP contribution in [0.3, 0.4) is 0 Å². The molecule has 3 aromatic heterocycles. The van der Waals surface area contributed by atoms with Crippen LogP contribution >= 0.6 is 0 Å². The molecule has 0 saturated heterocycles. The van der Waals surface area contributed by atoms with Gasteiger partial charge < -0.3 is 15.3 Å². The van der Waals surface area contributed by atoms with Gasteiger partial charge in [0.1, 0.15) is 11.5 Å². The summed E-state index contributed by atoms with van der Waals surface area (Å²) in [5.41, 5.74) is 4.61. The standard InChI is InChI=1S/C23H26N6O2/c1-5-17-13(2)22(29(4)28-17)23(31)27-19(20-11-21(30)26-14(3)25-20)10-15-12-24-18-9-7-6-8-16(15)18/h6-9,11-12,19,24H,5,10H2,1-4H3,(H,27,31)(H,25,26,30)/t19-/m0/s1. The van der Waals surface area contributed by atoms with Gasteiger partial charge in [0.2, 0.25) is 0 Å². The lowest BCUT2D eigenvalue weighted by molar-refractivity contribution is 0.0925. The van der Waals surface area contributed by atoms with Crippen LogP contribution in [0.4, 0.5) is 0 Å². The van der Waals surface area contributed by atoms with Gasteiger partial charge in [0.15, 0.2) is 0 Å². The fourth-order valence-electron chi connectivity index (χ4n) is 4.10. The molecule has 31 heavy (non-hydrogen) atoms. The van der Waals surface area contributed by atoms with Crippen molar-refractivity contribution in [2.75, 3.05) is 0 Å². The fourth-order valence-corrected chi connectivity index (χ4v) is 4.10. The van der Waals surface area contributed by atoms with E-state index in [4.69, 9.17) is 0 Å². The highest BCUT2D eigenvalue weighted by molar-refractivity contribution is 5.94. The molecule has 0 aliphatic carbocycles.